The van der Waals surface area contributed by atoms with E-state index >= 15 is 0 Å². The molecule has 86 valence electrons. The van der Waals surface area contributed by atoms with E-state index in [1.54, 1.807) is 0 Å². The van der Waals surface area contributed by atoms with Gasteiger partial charge in [0.15, 0.2) is 0 Å². The Kier molecular flexibility index (Phi) is 6.31. The van der Waals surface area contributed by atoms with Crippen molar-refractivity contribution in [2.24, 2.45) is 0 Å². The molecule has 0 rings (SSSR count). The second-order valence-electron chi connectivity index (χ2n) is 4.05. The van der Waals surface area contributed by atoms with Crippen molar-refractivity contribution in [2.45, 2.75) is 46.2 Å². The van der Waals surface area contributed by atoms with E-state index in [1.165, 1.54) is 0 Å². The molecule has 0 aromatic carbocycles. The average Bonchev–Trinajstić information content (AvgIpc) is 1.95. The van der Waals surface area contributed by atoms with Crippen LogP contribution in [0, 0.1) is 0 Å². The molecule has 4 nitrogen and oxygen atoms in total. The highest BCUT2D eigenvalue weighted by molar-refractivity contribution is 7.89. The van der Waals surface area contributed by atoms with Crippen LogP contribution >= 0.6 is 0 Å². The molecule has 0 saturated carbocycles. The molecule has 0 spiro atoms. The van der Waals surface area contributed by atoms with E-state index < -0.39 is 10.0 Å². The van der Waals surface area contributed by atoms with Crippen LogP contribution in [-0.4, -0.2) is 32.8 Å². The van der Waals surface area contributed by atoms with Gasteiger partial charge in [-0.3, -0.25) is 0 Å². The summed E-state index contributed by atoms with van der Waals surface area (Å²) >= 11 is 0. The first-order chi connectivity index (χ1) is 6.33. The molecule has 0 aromatic rings. The maximum Gasteiger partial charge on any atom is 0.211 e. The molecule has 2 N–H and O–H groups in total. The van der Waals surface area contributed by atoms with Crippen LogP contribution in [0.5, 0.6) is 0 Å². The predicted octanol–water partition coefficient (Wildman–Crippen LogP) is 0.702. The highest BCUT2D eigenvalue weighted by Gasteiger charge is 2.10. The van der Waals surface area contributed by atoms with Gasteiger partial charge < -0.3 is 5.32 Å². The molecule has 0 radical (unpaired) electrons. The Morgan fingerprint density at radius 1 is 1.07 bits per heavy atom. The largest absolute Gasteiger partial charge is 0.314 e. The second-order valence-corrected chi connectivity index (χ2v) is 5.93. The van der Waals surface area contributed by atoms with Gasteiger partial charge in [-0.05, 0) is 26.8 Å². The first-order valence-electron chi connectivity index (χ1n) is 5.07. The van der Waals surface area contributed by atoms with Crippen molar-refractivity contribution in [3.8, 4) is 0 Å². The Hall–Kier alpha value is -0.130. The Morgan fingerprint density at radius 3 is 2.07 bits per heavy atom. The van der Waals surface area contributed by atoms with Gasteiger partial charge in [0.25, 0.3) is 0 Å². The number of sulfonamides is 1. The molecule has 0 amide bonds. The van der Waals surface area contributed by atoms with Gasteiger partial charge in [-0.2, -0.15) is 0 Å². The van der Waals surface area contributed by atoms with Crippen LogP contribution in [-0.2, 0) is 10.0 Å². The van der Waals surface area contributed by atoms with Crippen molar-refractivity contribution in [2.75, 3.05) is 12.3 Å². The van der Waals surface area contributed by atoms with Gasteiger partial charge in [0, 0.05) is 12.1 Å². The lowest BCUT2D eigenvalue weighted by Crippen LogP contribution is -2.34. The molecule has 0 unspecified atom stereocenters. The first kappa shape index (κ1) is 13.9. The molecular formula is C9H22N2O2S. The van der Waals surface area contributed by atoms with E-state index in [0.717, 1.165) is 6.54 Å². The van der Waals surface area contributed by atoms with E-state index in [9.17, 15) is 8.42 Å². The first-order valence-corrected chi connectivity index (χ1v) is 6.72. The lowest BCUT2D eigenvalue weighted by molar-refractivity contribution is 0.554. The number of nitrogens with one attached hydrogen (secondary N) is 2. The summed E-state index contributed by atoms with van der Waals surface area (Å²) in [4.78, 5) is 0. The van der Waals surface area contributed by atoms with E-state index in [4.69, 9.17) is 0 Å². The quantitative estimate of drug-likeness (QED) is 0.624. The standard InChI is InChI=1S/C9H22N2O2S/c1-8(2)10-6-5-7-14(12,13)11-9(3)4/h8-11H,5-7H2,1-4H3. The summed E-state index contributed by atoms with van der Waals surface area (Å²) in [6.07, 6.45) is 0.653. The minimum Gasteiger partial charge on any atom is -0.314 e. The van der Waals surface area contributed by atoms with Gasteiger partial charge in [-0.1, -0.05) is 13.8 Å². The summed E-state index contributed by atoms with van der Waals surface area (Å²) in [6.45, 7) is 8.48. The molecule has 0 atom stereocenters. The fourth-order valence-corrected chi connectivity index (χ4v) is 2.43. The van der Waals surface area contributed by atoms with Crippen molar-refractivity contribution in [3.05, 3.63) is 0 Å². The highest BCUT2D eigenvalue weighted by atomic mass is 32.2. The maximum atomic E-state index is 11.3. The van der Waals surface area contributed by atoms with Crippen LogP contribution in [0.25, 0.3) is 0 Å². The minimum atomic E-state index is -3.07. The monoisotopic (exact) mass is 222 g/mol. The van der Waals surface area contributed by atoms with Crippen LogP contribution in [0.3, 0.4) is 0 Å². The Bertz CT molecular complexity index is 235. The fourth-order valence-electron chi connectivity index (χ4n) is 1.07. The van der Waals surface area contributed by atoms with Gasteiger partial charge >= 0.3 is 0 Å². The van der Waals surface area contributed by atoms with Crippen molar-refractivity contribution in [3.63, 3.8) is 0 Å². The van der Waals surface area contributed by atoms with E-state index in [0.29, 0.717) is 12.5 Å². The third-order valence-electron chi connectivity index (χ3n) is 1.56. The van der Waals surface area contributed by atoms with Crippen LogP contribution in [0.4, 0.5) is 0 Å². The van der Waals surface area contributed by atoms with Crippen molar-refractivity contribution in [1.29, 1.82) is 0 Å². The Labute approximate surface area is 87.5 Å². The van der Waals surface area contributed by atoms with Crippen LogP contribution < -0.4 is 10.0 Å². The van der Waals surface area contributed by atoms with Gasteiger partial charge in [0.2, 0.25) is 10.0 Å². The van der Waals surface area contributed by atoms with Crippen LogP contribution in [0.2, 0.25) is 0 Å². The van der Waals surface area contributed by atoms with Gasteiger partial charge in [0.05, 0.1) is 5.75 Å². The third-order valence-corrected chi connectivity index (χ3v) is 3.21. The molecule has 0 aliphatic heterocycles. The highest BCUT2D eigenvalue weighted by Crippen LogP contribution is 1.92. The summed E-state index contributed by atoms with van der Waals surface area (Å²) in [5.41, 5.74) is 0. The predicted molar refractivity (Wildman–Crippen MR) is 59.8 cm³/mol. The fraction of sp³-hybridized carbons (Fsp3) is 1.00. The maximum absolute atomic E-state index is 11.3. The summed E-state index contributed by atoms with van der Waals surface area (Å²) in [7, 11) is -3.07. The molecule has 5 heteroatoms. The zero-order chi connectivity index (χ0) is 11.2. The molecule has 0 aliphatic carbocycles. The minimum absolute atomic E-state index is 0.0157. The lowest BCUT2D eigenvalue weighted by atomic mass is 10.4. The Morgan fingerprint density at radius 2 is 1.64 bits per heavy atom. The molecule has 0 saturated heterocycles. The zero-order valence-corrected chi connectivity index (χ0v) is 10.3. The molecular weight excluding hydrogens is 200 g/mol. The number of hydrogen-bond acceptors (Lipinski definition) is 3. The molecule has 0 aromatic heterocycles. The molecule has 14 heavy (non-hydrogen) atoms. The molecule has 0 bridgehead atoms. The van der Waals surface area contributed by atoms with E-state index in [1.807, 2.05) is 27.7 Å². The molecule has 0 aliphatic rings. The van der Waals surface area contributed by atoms with Gasteiger partial charge in [-0.25, -0.2) is 13.1 Å². The molecule has 0 fully saturated rings. The number of rotatable bonds is 7. The van der Waals surface area contributed by atoms with Crippen molar-refractivity contribution < 1.29 is 8.42 Å². The second kappa shape index (κ2) is 6.37. The van der Waals surface area contributed by atoms with Gasteiger partial charge in [-0.15, -0.1) is 0 Å². The Balaban J connectivity index is 3.67. The van der Waals surface area contributed by atoms with Crippen LogP contribution in [0.1, 0.15) is 34.1 Å². The lowest BCUT2D eigenvalue weighted by Gasteiger charge is -2.10. The summed E-state index contributed by atoms with van der Waals surface area (Å²) in [6, 6.07) is 0.397. The normalized spacial score (nSPS) is 12.7. The zero-order valence-electron chi connectivity index (χ0n) is 9.50. The SMILES string of the molecule is CC(C)NCCCS(=O)(=O)NC(C)C. The smallest absolute Gasteiger partial charge is 0.211 e. The summed E-state index contributed by atoms with van der Waals surface area (Å²) in [5.74, 6) is 0.199. The molecule has 0 heterocycles. The van der Waals surface area contributed by atoms with Crippen molar-refractivity contribution in [1.82, 2.24) is 10.0 Å². The average molecular weight is 222 g/mol. The van der Waals surface area contributed by atoms with E-state index in [-0.39, 0.29) is 11.8 Å². The van der Waals surface area contributed by atoms with Gasteiger partial charge in [0.1, 0.15) is 0 Å². The third kappa shape index (κ3) is 8.47. The van der Waals surface area contributed by atoms with Crippen molar-refractivity contribution >= 4 is 10.0 Å². The van der Waals surface area contributed by atoms with Crippen LogP contribution in [0.15, 0.2) is 0 Å². The number of hydrogen-bond donors (Lipinski definition) is 2. The summed E-state index contributed by atoms with van der Waals surface area (Å²) in [5, 5.41) is 3.18. The van der Waals surface area contributed by atoms with E-state index in [2.05, 4.69) is 10.0 Å². The topological polar surface area (TPSA) is 58.2 Å². The summed E-state index contributed by atoms with van der Waals surface area (Å²) < 4.78 is 25.2.